The molecular formula is C19H20N5NaO7S2. The van der Waals surface area contributed by atoms with Crippen molar-refractivity contribution in [3.8, 4) is 0 Å². The molecule has 3 rings (SSSR count). The molecule has 3 N–H and O–H groups in total. The minimum Gasteiger partial charge on any atom is -0.543 e. The Kier molecular flexibility index (Phi) is 9.70. The predicted octanol–water partition coefficient (Wildman–Crippen LogP) is -4.01. The van der Waals surface area contributed by atoms with Gasteiger partial charge in [0.05, 0.1) is 11.7 Å². The summed E-state index contributed by atoms with van der Waals surface area (Å²) in [7, 11) is 1.25. The number of β-lactam (4-membered cyclic amide) rings is 1. The minimum absolute atomic E-state index is 0. The molecule has 0 spiro atoms. The van der Waals surface area contributed by atoms with Gasteiger partial charge in [-0.2, -0.15) is 0 Å². The second-order valence-electron chi connectivity index (χ2n) is 7.12. The summed E-state index contributed by atoms with van der Waals surface area (Å²) >= 11 is 2.32. The van der Waals surface area contributed by atoms with Gasteiger partial charge in [0.15, 0.2) is 10.8 Å². The zero-order valence-electron chi connectivity index (χ0n) is 18.8. The number of carbonyl (C=O) groups excluding carboxylic acids is 4. The first-order chi connectivity index (χ1) is 15.6. The Balaban J connectivity index is 0.00000408. The van der Waals surface area contributed by atoms with Crippen molar-refractivity contribution in [2.24, 2.45) is 5.16 Å². The van der Waals surface area contributed by atoms with E-state index >= 15 is 0 Å². The van der Waals surface area contributed by atoms with E-state index in [9.17, 15) is 24.3 Å². The molecule has 1 aromatic rings. The Morgan fingerprint density at radius 3 is 2.68 bits per heavy atom. The molecule has 0 aromatic carbocycles. The molecule has 2 atom stereocenters. The van der Waals surface area contributed by atoms with Crippen LogP contribution in [0.1, 0.15) is 19.5 Å². The third-order valence-corrected chi connectivity index (χ3v) is 6.50. The third-order valence-electron chi connectivity index (χ3n) is 4.48. The molecule has 1 saturated heterocycles. The van der Waals surface area contributed by atoms with Crippen molar-refractivity contribution >= 4 is 57.7 Å². The number of carbonyl (C=O) groups is 4. The third kappa shape index (κ3) is 5.99. The van der Waals surface area contributed by atoms with Crippen LogP contribution in [0.25, 0.3) is 0 Å². The number of ether oxygens (including phenoxy) is 1. The quantitative estimate of drug-likeness (QED) is 0.0863. The molecule has 12 nitrogen and oxygen atoms in total. The van der Waals surface area contributed by atoms with Crippen LogP contribution in [0.15, 0.2) is 33.5 Å². The molecule has 1 aromatic heterocycles. The summed E-state index contributed by atoms with van der Waals surface area (Å²) in [5, 5.41) is 19.0. The Labute approximate surface area is 224 Å². The van der Waals surface area contributed by atoms with Gasteiger partial charge < -0.3 is 30.5 Å². The van der Waals surface area contributed by atoms with Gasteiger partial charge in [-0.05, 0) is 13.8 Å². The normalized spacial score (nSPS) is 19.3. The number of hydrogen-bond donors (Lipinski definition) is 2. The minimum atomic E-state index is -1.58. The van der Waals surface area contributed by atoms with E-state index in [1.807, 2.05) is 0 Å². The van der Waals surface area contributed by atoms with E-state index in [0.29, 0.717) is 0 Å². The monoisotopic (exact) mass is 517 g/mol. The van der Waals surface area contributed by atoms with E-state index in [1.54, 1.807) is 13.8 Å². The number of esters is 1. The molecule has 0 radical (unpaired) electrons. The van der Waals surface area contributed by atoms with Gasteiger partial charge in [-0.1, -0.05) is 10.7 Å². The smallest absolute Gasteiger partial charge is 0.543 e. The number of thiazole rings is 1. The summed E-state index contributed by atoms with van der Waals surface area (Å²) in [6.07, 6.45) is 1.27. The van der Waals surface area contributed by atoms with Crippen LogP contribution in [-0.4, -0.2) is 70.2 Å². The van der Waals surface area contributed by atoms with Crippen LogP contribution in [0.3, 0.4) is 0 Å². The Hall–Kier alpha value is -2.39. The Bertz CT molecular complexity index is 1100. The first kappa shape index (κ1) is 27.9. The molecule has 0 bridgehead atoms. The average Bonchev–Trinajstić information content (AvgIpc) is 3.18. The van der Waals surface area contributed by atoms with Gasteiger partial charge >= 0.3 is 35.5 Å². The van der Waals surface area contributed by atoms with Crippen LogP contribution < -0.4 is 45.7 Å². The number of nitrogens with two attached hydrogens (primary N) is 1. The van der Waals surface area contributed by atoms with Crippen molar-refractivity contribution in [3.05, 3.63) is 34.0 Å². The number of thioether (sulfide) groups is 1. The number of carboxylic acid groups (broad SMARTS) is 1. The fourth-order valence-corrected chi connectivity index (χ4v) is 5.00. The molecule has 3 heterocycles. The number of nitrogen functional groups attached to an aromatic ring is 1. The predicted molar refractivity (Wildman–Crippen MR) is 118 cm³/mol. The molecule has 0 unspecified atom stereocenters. The van der Waals surface area contributed by atoms with E-state index in [2.05, 4.69) is 15.5 Å². The zero-order valence-corrected chi connectivity index (χ0v) is 22.4. The number of aliphatic carboxylic acids is 1. The van der Waals surface area contributed by atoms with Crippen molar-refractivity contribution < 1.29 is 63.4 Å². The summed E-state index contributed by atoms with van der Waals surface area (Å²) in [6.45, 7) is 3.13. The fraction of sp³-hybridized carbons (Fsp3) is 0.368. The molecule has 34 heavy (non-hydrogen) atoms. The molecule has 0 aliphatic carbocycles. The van der Waals surface area contributed by atoms with Gasteiger partial charge in [0.1, 0.15) is 30.8 Å². The largest absolute Gasteiger partial charge is 1.00 e. The first-order valence-corrected chi connectivity index (χ1v) is 11.4. The van der Waals surface area contributed by atoms with Gasteiger partial charge in [-0.25, -0.2) is 9.78 Å². The van der Waals surface area contributed by atoms with Crippen LogP contribution >= 0.6 is 23.1 Å². The maximum Gasteiger partial charge on any atom is 1.00 e. The summed E-state index contributed by atoms with van der Waals surface area (Å²) in [5.74, 6) is -3.43. The second kappa shape index (κ2) is 11.8. The Morgan fingerprint density at radius 1 is 1.41 bits per heavy atom. The molecule has 2 amide bonds. The van der Waals surface area contributed by atoms with E-state index in [-0.39, 0.29) is 69.7 Å². The standard InChI is InChI=1S/C19H21N5O7S2.Na/c1-8(2)4-11(25)31-5-9-6-32-17-13(16(27)24(17)14(9)18(28)29)22-15(26)12(23-30-3)10-7-33-19(20)21-10;/h4,7,13,17H,5-6H2,1-3H3,(H2,20,21)(H,22,26)(H,28,29);/q;+1/p-1/b23-12-;/t13-,17-;/m1./s1. The molecule has 2 aliphatic rings. The molecule has 176 valence electrons. The van der Waals surface area contributed by atoms with Crippen LogP contribution in [-0.2, 0) is 28.8 Å². The molecule has 0 saturated carbocycles. The van der Waals surface area contributed by atoms with Crippen molar-refractivity contribution in [1.29, 1.82) is 0 Å². The van der Waals surface area contributed by atoms with Crippen LogP contribution in [0, 0.1) is 0 Å². The van der Waals surface area contributed by atoms with Crippen LogP contribution in [0.2, 0.25) is 0 Å². The maximum absolute atomic E-state index is 12.7. The summed E-state index contributed by atoms with van der Waals surface area (Å²) in [6, 6.07) is -1.01. The number of nitrogens with one attached hydrogen (secondary N) is 1. The molecule has 15 heteroatoms. The van der Waals surface area contributed by atoms with Crippen LogP contribution in [0.5, 0.6) is 0 Å². The SMILES string of the molecule is CO/N=C(\C(=O)N[C@@H]1C(=O)N2C(C(=O)[O-])=C(COC(=O)C=C(C)C)CS[C@H]12)c1csc(N)n1.[Na+]. The van der Waals surface area contributed by atoms with Gasteiger partial charge in [0, 0.05) is 22.8 Å². The number of amides is 2. The van der Waals surface area contributed by atoms with Crippen molar-refractivity contribution in [2.75, 3.05) is 25.2 Å². The number of anilines is 1. The topological polar surface area (TPSA) is 176 Å². The number of carboxylic acids is 1. The number of rotatable bonds is 8. The van der Waals surface area contributed by atoms with E-state index in [1.165, 1.54) is 30.3 Å². The molecule has 2 aliphatic heterocycles. The van der Waals surface area contributed by atoms with E-state index in [4.69, 9.17) is 15.3 Å². The van der Waals surface area contributed by atoms with Gasteiger partial charge in [0.25, 0.3) is 11.8 Å². The number of oxime groups is 1. The second-order valence-corrected chi connectivity index (χ2v) is 9.12. The van der Waals surface area contributed by atoms with Gasteiger partial charge in [-0.15, -0.1) is 23.1 Å². The molecule has 1 fully saturated rings. The summed E-state index contributed by atoms with van der Waals surface area (Å²) in [4.78, 5) is 58.7. The summed E-state index contributed by atoms with van der Waals surface area (Å²) < 4.78 is 5.09. The number of aromatic nitrogens is 1. The van der Waals surface area contributed by atoms with Gasteiger partial charge in [-0.3, -0.25) is 14.5 Å². The number of fused-ring (bicyclic) bond motifs is 1. The van der Waals surface area contributed by atoms with Gasteiger partial charge in [0.2, 0.25) is 0 Å². The van der Waals surface area contributed by atoms with Crippen molar-refractivity contribution in [2.45, 2.75) is 25.3 Å². The first-order valence-electron chi connectivity index (χ1n) is 9.47. The van der Waals surface area contributed by atoms with Crippen LogP contribution in [0.4, 0.5) is 5.13 Å². The Morgan fingerprint density at radius 2 is 2.12 bits per heavy atom. The number of hydrogen-bond acceptors (Lipinski definition) is 12. The van der Waals surface area contributed by atoms with Crippen molar-refractivity contribution in [3.63, 3.8) is 0 Å². The van der Waals surface area contributed by atoms with E-state index in [0.717, 1.165) is 21.8 Å². The number of nitrogens with zero attached hydrogens (tertiary/aromatic N) is 3. The zero-order chi connectivity index (χ0) is 24.3. The average molecular weight is 518 g/mol. The summed E-state index contributed by atoms with van der Waals surface area (Å²) in [5.41, 5.74) is 6.18. The van der Waals surface area contributed by atoms with Crippen molar-refractivity contribution in [1.82, 2.24) is 15.2 Å². The molecular weight excluding hydrogens is 497 g/mol. The maximum atomic E-state index is 12.7. The fourth-order valence-electron chi connectivity index (χ4n) is 3.12. The number of allylic oxidation sites excluding steroid dienone is 1. The van der Waals surface area contributed by atoms with E-state index < -0.39 is 35.2 Å².